The number of ether oxygens (including phenoxy) is 2. The summed E-state index contributed by atoms with van der Waals surface area (Å²) in [6.45, 7) is 1.95. The SMILES string of the molecule is COc1ccc(-c2nc(NC(=O)c3ccco3)sc2C)cc1OC. The zero-order valence-corrected chi connectivity index (χ0v) is 14.3. The van der Waals surface area contributed by atoms with Crippen LogP contribution in [-0.4, -0.2) is 25.1 Å². The van der Waals surface area contributed by atoms with Crippen LogP contribution in [0.2, 0.25) is 0 Å². The van der Waals surface area contributed by atoms with Crippen molar-refractivity contribution in [1.29, 1.82) is 0 Å². The van der Waals surface area contributed by atoms with Gasteiger partial charge in [0.05, 0.1) is 26.2 Å². The van der Waals surface area contributed by atoms with Crippen molar-refractivity contribution >= 4 is 22.4 Å². The number of furan rings is 1. The molecule has 6 nitrogen and oxygen atoms in total. The summed E-state index contributed by atoms with van der Waals surface area (Å²) in [5, 5.41) is 3.26. The van der Waals surface area contributed by atoms with E-state index in [-0.39, 0.29) is 11.7 Å². The second-order valence-electron chi connectivity index (χ2n) is 4.92. The van der Waals surface area contributed by atoms with Crippen LogP contribution in [0.4, 0.5) is 5.13 Å². The van der Waals surface area contributed by atoms with Gasteiger partial charge in [0.15, 0.2) is 22.4 Å². The highest BCUT2D eigenvalue weighted by Gasteiger charge is 2.16. The Morgan fingerprint density at radius 1 is 1.21 bits per heavy atom. The van der Waals surface area contributed by atoms with Gasteiger partial charge in [-0.15, -0.1) is 11.3 Å². The summed E-state index contributed by atoms with van der Waals surface area (Å²) >= 11 is 1.40. The molecular weight excluding hydrogens is 328 g/mol. The van der Waals surface area contributed by atoms with E-state index in [1.165, 1.54) is 17.6 Å². The van der Waals surface area contributed by atoms with Crippen LogP contribution in [0.1, 0.15) is 15.4 Å². The molecule has 0 aliphatic carbocycles. The van der Waals surface area contributed by atoms with E-state index in [2.05, 4.69) is 10.3 Å². The number of hydrogen-bond acceptors (Lipinski definition) is 6. The first-order chi connectivity index (χ1) is 11.6. The van der Waals surface area contributed by atoms with Gasteiger partial charge in [0.25, 0.3) is 5.91 Å². The Hall–Kier alpha value is -2.80. The normalized spacial score (nSPS) is 10.5. The lowest BCUT2D eigenvalue weighted by Gasteiger charge is -2.08. The molecule has 2 aromatic heterocycles. The predicted molar refractivity (Wildman–Crippen MR) is 92.1 cm³/mol. The van der Waals surface area contributed by atoms with Crippen molar-refractivity contribution in [3.8, 4) is 22.8 Å². The molecule has 1 N–H and O–H groups in total. The number of benzene rings is 1. The average molecular weight is 344 g/mol. The number of anilines is 1. The van der Waals surface area contributed by atoms with Crippen molar-refractivity contribution in [3.63, 3.8) is 0 Å². The summed E-state index contributed by atoms with van der Waals surface area (Å²) in [4.78, 5) is 17.5. The molecule has 24 heavy (non-hydrogen) atoms. The van der Waals surface area contributed by atoms with Gasteiger partial charge in [-0.25, -0.2) is 4.98 Å². The first-order valence-corrected chi connectivity index (χ1v) is 7.98. The van der Waals surface area contributed by atoms with Gasteiger partial charge in [0, 0.05) is 10.4 Å². The fourth-order valence-electron chi connectivity index (χ4n) is 2.27. The Labute approximate surface area is 143 Å². The molecule has 0 spiro atoms. The Bertz CT molecular complexity index is 856. The van der Waals surface area contributed by atoms with Crippen LogP contribution in [0.15, 0.2) is 41.0 Å². The zero-order chi connectivity index (χ0) is 17.1. The highest BCUT2D eigenvalue weighted by atomic mass is 32.1. The molecule has 3 aromatic rings. The maximum atomic E-state index is 12.0. The topological polar surface area (TPSA) is 73.6 Å². The average Bonchev–Trinajstić information content (AvgIpc) is 3.24. The fourth-order valence-corrected chi connectivity index (χ4v) is 3.10. The molecule has 0 saturated carbocycles. The Balaban J connectivity index is 1.88. The van der Waals surface area contributed by atoms with Crippen molar-refractivity contribution in [2.24, 2.45) is 0 Å². The van der Waals surface area contributed by atoms with Gasteiger partial charge in [-0.1, -0.05) is 0 Å². The fraction of sp³-hybridized carbons (Fsp3) is 0.176. The van der Waals surface area contributed by atoms with E-state index in [9.17, 15) is 4.79 Å². The second kappa shape index (κ2) is 6.76. The minimum Gasteiger partial charge on any atom is -0.493 e. The standard InChI is InChI=1S/C17H16N2O4S/c1-10-15(11-6-7-12(21-2)14(9-11)22-3)18-17(24-10)19-16(20)13-5-4-8-23-13/h4-9H,1-3H3,(H,18,19,20). The van der Waals surface area contributed by atoms with Gasteiger partial charge in [-0.2, -0.15) is 0 Å². The molecular formula is C17H16N2O4S. The Kier molecular flexibility index (Phi) is 4.52. The largest absolute Gasteiger partial charge is 0.493 e. The molecule has 0 fully saturated rings. The third-order valence-electron chi connectivity index (χ3n) is 3.42. The molecule has 0 aliphatic heterocycles. The number of rotatable bonds is 5. The van der Waals surface area contributed by atoms with E-state index in [1.807, 2.05) is 25.1 Å². The van der Waals surface area contributed by atoms with Gasteiger partial charge in [-0.05, 0) is 37.3 Å². The number of methoxy groups -OCH3 is 2. The van der Waals surface area contributed by atoms with Crippen LogP contribution in [0.5, 0.6) is 11.5 Å². The molecule has 1 aromatic carbocycles. The summed E-state index contributed by atoms with van der Waals surface area (Å²) < 4.78 is 15.7. The van der Waals surface area contributed by atoms with Gasteiger partial charge in [0.1, 0.15) is 0 Å². The number of aryl methyl sites for hydroxylation is 1. The van der Waals surface area contributed by atoms with Gasteiger partial charge in [0.2, 0.25) is 0 Å². The van der Waals surface area contributed by atoms with Crippen LogP contribution in [0, 0.1) is 6.92 Å². The maximum absolute atomic E-state index is 12.0. The van der Waals surface area contributed by atoms with Crippen LogP contribution in [-0.2, 0) is 0 Å². The van der Waals surface area contributed by atoms with E-state index in [0.717, 1.165) is 16.1 Å². The van der Waals surface area contributed by atoms with E-state index >= 15 is 0 Å². The molecule has 0 saturated heterocycles. The van der Waals surface area contributed by atoms with Gasteiger partial charge >= 0.3 is 0 Å². The molecule has 3 rings (SSSR count). The van der Waals surface area contributed by atoms with E-state index in [1.54, 1.807) is 26.4 Å². The van der Waals surface area contributed by atoms with Crippen molar-refractivity contribution < 1.29 is 18.7 Å². The molecule has 0 aliphatic rings. The molecule has 1 amide bonds. The highest BCUT2D eigenvalue weighted by Crippen LogP contribution is 2.36. The summed E-state index contributed by atoms with van der Waals surface area (Å²) in [5.74, 6) is 1.20. The lowest BCUT2D eigenvalue weighted by atomic mass is 10.1. The monoisotopic (exact) mass is 344 g/mol. The zero-order valence-electron chi connectivity index (χ0n) is 13.5. The molecule has 0 radical (unpaired) electrons. The minimum atomic E-state index is -0.326. The number of nitrogens with zero attached hydrogens (tertiary/aromatic N) is 1. The van der Waals surface area contributed by atoms with Gasteiger partial charge in [-0.3, -0.25) is 10.1 Å². The number of thiazole rings is 1. The molecule has 124 valence electrons. The van der Waals surface area contributed by atoms with Crippen molar-refractivity contribution in [3.05, 3.63) is 47.2 Å². The lowest BCUT2D eigenvalue weighted by Crippen LogP contribution is -2.10. The Morgan fingerprint density at radius 3 is 2.67 bits per heavy atom. The Morgan fingerprint density at radius 2 is 2.00 bits per heavy atom. The van der Waals surface area contributed by atoms with Gasteiger partial charge < -0.3 is 13.9 Å². The number of hydrogen-bond donors (Lipinski definition) is 1. The van der Waals surface area contributed by atoms with E-state index in [4.69, 9.17) is 13.9 Å². The summed E-state index contributed by atoms with van der Waals surface area (Å²) in [6, 6.07) is 8.86. The highest BCUT2D eigenvalue weighted by molar-refractivity contribution is 7.16. The predicted octanol–water partition coefficient (Wildman–Crippen LogP) is 3.98. The van der Waals surface area contributed by atoms with Crippen LogP contribution in [0.25, 0.3) is 11.3 Å². The molecule has 0 bridgehead atoms. The quantitative estimate of drug-likeness (QED) is 0.758. The number of aromatic nitrogens is 1. The van der Waals surface area contributed by atoms with E-state index < -0.39 is 0 Å². The molecule has 0 unspecified atom stereocenters. The number of amides is 1. The molecule has 0 atom stereocenters. The molecule has 7 heteroatoms. The van der Waals surface area contributed by atoms with Crippen LogP contribution < -0.4 is 14.8 Å². The molecule has 2 heterocycles. The summed E-state index contributed by atoms with van der Waals surface area (Å²) in [7, 11) is 3.18. The van der Waals surface area contributed by atoms with Crippen LogP contribution in [0.3, 0.4) is 0 Å². The number of nitrogens with one attached hydrogen (secondary N) is 1. The summed E-state index contributed by atoms with van der Waals surface area (Å²) in [6.07, 6.45) is 1.46. The third kappa shape index (κ3) is 3.11. The lowest BCUT2D eigenvalue weighted by molar-refractivity contribution is 0.0996. The van der Waals surface area contributed by atoms with Crippen molar-refractivity contribution in [2.75, 3.05) is 19.5 Å². The number of carbonyl (C=O) groups excluding carboxylic acids is 1. The third-order valence-corrected chi connectivity index (χ3v) is 4.31. The van der Waals surface area contributed by atoms with Crippen LogP contribution >= 0.6 is 11.3 Å². The maximum Gasteiger partial charge on any atom is 0.293 e. The second-order valence-corrected chi connectivity index (χ2v) is 6.13. The van der Waals surface area contributed by atoms with Crippen molar-refractivity contribution in [1.82, 2.24) is 4.98 Å². The van der Waals surface area contributed by atoms with E-state index in [0.29, 0.717) is 16.6 Å². The first-order valence-electron chi connectivity index (χ1n) is 7.17. The smallest absolute Gasteiger partial charge is 0.293 e. The first kappa shape index (κ1) is 16.1. The number of carbonyl (C=O) groups is 1. The van der Waals surface area contributed by atoms with Crippen molar-refractivity contribution in [2.45, 2.75) is 6.92 Å². The summed E-state index contributed by atoms with van der Waals surface area (Å²) in [5.41, 5.74) is 1.68. The minimum absolute atomic E-state index is 0.246.